The summed E-state index contributed by atoms with van der Waals surface area (Å²) in [4.78, 5) is 16.1. The fourth-order valence-corrected chi connectivity index (χ4v) is 3.16. The largest absolute Gasteiger partial charge is 0.338 e. The molecule has 2 amide bonds. The first-order valence-corrected chi connectivity index (χ1v) is 9.93. The predicted octanol–water partition coefficient (Wildman–Crippen LogP) is 4.66. The Morgan fingerprint density at radius 1 is 0.929 bits per heavy atom. The monoisotopic (exact) mass is 376 g/mol. The molecule has 1 heterocycles. The van der Waals surface area contributed by atoms with Crippen LogP contribution in [0.25, 0.3) is 0 Å². The van der Waals surface area contributed by atoms with Crippen LogP contribution in [0.4, 0.5) is 10.5 Å². The summed E-state index contributed by atoms with van der Waals surface area (Å²) in [6.45, 7) is 1.59. The van der Waals surface area contributed by atoms with E-state index in [1.807, 2.05) is 35.3 Å². The predicted molar refractivity (Wildman–Crippen MR) is 113 cm³/mol. The molecule has 28 heavy (non-hydrogen) atoms. The lowest BCUT2D eigenvalue weighted by Gasteiger charge is -2.09. The van der Waals surface area contributed by atoms with Crippen molar-refractivity contribution in [1.82, 2.24) is 14.9 Å². The van der Waals surface area contributed by atoms with E-state index in [-0.39, 0.29) is 6.03 Å². The van der Waals surface area contributed by atoms with Gasteiger partial charge in [-0.05, 0) is 55.4 Å². The highest BCUT2D eigenvalue weighted by atomic mass is 16.2. The number of benzene rings is 2. The average Bonchev–Trinajstić information content (AvgIpc) is 3.22. The van der Waals surface area contributed by atoms with Crippen molar-refractivity contribution in [2.75, 3.05) is 11.9 Å². The van der Waals surface area contributed by atoms with E-state index >= 15 is 0 Å². The third-order valence-electron chi connectivity index (χ3n) is 4.65. The Balaban J connectivity index is 1.34. The summed E-state index contributed by atoms with van der Waals surface area (Å²) in [6, 6.07) is 18.5. The molecule has 2 aromatic carbocycles. The van der Waals surface area contributed by atoms with Gasteiger partial charge in [0.05, 0.1) is 6.33 Å². The Kier molecular flexibility index (Phi) is 7.67. The van der Waals surface area contributed by atoms with Crippen LogP contribution >= 0.6 is 0 Å². The second-order valence-electron chi connectivity index (χ2n) is 6.93. The van der Waals surface area contributed by atoms with Crippen molar-refractivity contribution < 1.29 is 4.79 Å². The van der Waals surface area contributed by atoms with Crippen LogP contribution in [0.3, 0.4) is 0 Å². The van der Waals surface area contributed by atoms with E-state index in [1.54, 1.807) is 6.20 Å². The zero-order valence-corrected chi connectivity index (χ0v) is 16.2. The van der Waals surface area contributed by atoms with Gasteiger partial charge < -0.3 is 15.2 Å². The van der Waals surface area contributed by atoms with Gasteiger partial charge in [-0.15, -0.1) is 0 Å². The van der Waals surface area contributed by atoms with E-state index in [9.17, 15) is 4.79 Å². The van der Waals surface area contributed by atoms with Gasteiger partial charge in [0, 0.05) is 31.2 Å². The van der Waals surface area contributed by atoms with E-state index in [0.29, 0.717) is 6.54 Å². The first-order valence-electron chi connectivity index (χ1n) is 9.93. The van der Waals surface area contributed by atoms with Gasteiger partial charge in [0.15, 0.2) is 0 Å². The summed E-state index contributed by atoms with van der Waals surface area (Å²) in [7, 11) is 0. The van der Waals surface area contributed by atoms with Crippen molar-refractivity contribution in [1.29, 1.82) is 0 Å². The molecule has 0 bridgehead atoms. The maximum atomic E-state index is 12.1. The second kappa shape index (κ2) is 10.9. The first-order chi connectivity index (χ1) is 13.8. The first kappa shape index (κ1) is 19.7. The Hall–Kier alpha value is -3.08. The van der Waals surface area contributed by atoms with Crippen molar-refractivity contribution >= 4 is 11.7 Å². The number of imidazole rings is 1. The normalized spacial score (nSPS) is 10.6. The molecule has 0 atom stereocenters. The minimum absolute atomic E-state index is 0.149. The lowest BCUT2D eigenvalue weighted by Crippen LogP contribution is -2.29. The summed E-state index contributed by atoms with van der Waals surface area (Å²) in [5, 5.41) is 5.85. The summed E-state index contributed by atoms with van der Waals surface area (Å²) in [5.74, 6) is 0. The molecular formula is C23H28N4O. The van der Waals surface area contributed by atoms with Crippen molar-refractivity contribution in [3.8, 4) is 0 Å². The number of hydrogen-bond donors (Lipinski definition) is 2. The molecular weight excluding hydrogens is 348 g/mol. The number of rotatable bonds is 10. The minimum Gasteiger partial charge on any atom is -0.338 e. The highest BCUT2D eigenvalue weighted by Crippen LogP contribution is 2.14. The van der Waals surface area contributed by atoms with Crippen molar-refractivity contribution in [2.45, 2.75) is 38.6 Å². The number of nitrogens with zero attached hydrogens (tertiary/aromatic N) is 2. The van der Waals surface area contributed by atoms with Crippen LogP contribution in [0.15, 0.2) is 73.3 Å². The van der Waals surface area contributed by atoms with Crippen LogP contribution in [-0.2, 0) is 19.4 Å². The van der Waals surface area contributed by atoms with Gasteiger partial charge >= 0.3 is 6.03 Å². The van der Waals surface area contributed by atoms with Crippen LogP contribution < -0.4 is 10.6 Å². The third-order valence-corrected chi connectivity index (χ3v) is 4.65. The summed E-state index contributed by atoms with van der Waals surface area (Å²) in [5.41, 5.74) is 3.45. The molecule has 2 N–H and O–H groups in total. The molecule has 1 aromatic heterocycles. The lowest BCUT2D eigenvalue weighted by atomic mass is 10.0. The zero-order valence-electron chi connectivity index (χ0n) is 16.2. The summed E-state index contributed by atoms with van der Waals surface area (Å²) in [6.07, 6.45) is 10.6. The Bertz CT molecular complexity index is 831. The molecule has 0 unspecified atom stereocenters. The molecule has 3 aromatic rings. The van der Waals surface area contributed by atoms with Gasteiger partial charge in [-0.3, -0.25) is 0 Å². The van der Waals surface area contributed by atoms with E-state index in [2.05, 4.69) is 52.0 Å². The highest BCUT2D eigenvalue weighted by Gasteiger charge is 2.03. The van der Waals surface area contributed by atoms with E-state index < -0.39 is 0 Å². The smallest absolute Gasteiger partial charge is 0.319 e. The van der Waals surface area contributed by atoms with Crippen LogP contribution in [-0.4, -0.2) is 22.1 Å². The molecule has 0 aliphatic carbocycles. The maximum absolute atomic E-state index is 12.1. The van der Waals surface area contributed by atoms with Crippen LogP contribution in [0.2, 0.25) is 0 Å². The molecule has 0 aliphatic heterocycles. The lowest BCUT2D eigenvalue weighted by molar-refractivity contribution is 0.252. The maximum Gasteiger partial charge on any atom is 0.319 e. The number of amides is 2. The SMILES string of the molecule is O=C(NCCCCn1ccnc1)Nc1cccc(CCCc2ccccc2)c1. The van der Waals surface area contributed by atoms with E-state index in [0.717, 1.165) is 44.3 Å². The van der Waals surface area contributed by atoms with Gasteiger partial charge in [0.1, 0.15) is 0 Å². The molecule has 0 spiro atoms. The van der Waals surface area contributed by atoms with E-state index in [4.69, 9.17) is 0 Å². The zero-order chi connectivity index (χ0) is 19.4. The van der Waals surface area contributed by atoms with Crippen molar-refractivity contribution in [3.63, 3.8) is 0 Å². The second-order valence-corrected chi connectivity index (χ2v) is 6.93. The number of urea groups is 1. The standard InChI is InChI=1S/C23H28N4O/c28-23(25-14-4-5-16-27-17-15-24-19-27)26-22-13-7-12-21(18-22)11-6-10-20-8-2-1-3-9-20/h1-3,7-9,12-13,15,17-19H,4-6,10-11,14,16H2,(H2,25,26,28). The summed E-state index contributed by atoms with van der Waals surface area (Å²) >= 11 is 0. The molecule has 0 saturated heterocycles. The van der Waals surface area contributed by atoms with Gasteiger partial charge in [0.2, 0.25) is 0 Å². The number of aromatic nitrogens is 2. The topological polar surface area (TPSA) is 59.0 Å². The van der Waals surface area contributed by atoms with Crippen LogP contribution in [0.5, 0.6) is 0 Å². The molecule has 0 saturated carbocycles. The van der Waals surface area contributed by atoms with Crippen LogP contribution in [0, 0.1) is 0 Å². The number of nitrogens with one attached hydrogen (secondary N) is 2. The molecule has 5 heteroatoms. The van der Waals surface area contributed by atoms with E-state index in [1.165, 1.54) is 11.1 Å². The molecule has 146 valence electrons. The molecule has 0 fully saturated rings. The number of anilines is 1. The fraction of sp³-hybridized carbons (Fsp3) is 0.304. The summed E-state index contributed by atoms with van der Waals surface area (Å²) < 4.78 is 2.05. The molecule has 0 aliphatic rings. The Labute approximate surface area is 166 Å². The van der Waals surface area contributed by atoms with Crippen molar-refractivity contribution in [2.24, 2.45) is 0 Å². The fourth-order valence-electron chi connectivity index (χ4n) is 3.16. The number of carbonyl (C=O) groups excluding carboxylic acids is 1. The highest BCUT2D eigenvalue weighted by molar-refractivity contribution is 5.89. The van der Waals surface area contributed by atoms with Gasteiger partial charge in [-0.1, -0.05) is 42.5 Å². The number of unbranched alkanes of at least 4 members (excludes halogenated alkanes) is 1. The quantitative estimate of drug-likeness (QED) is 0.506. The number of hydrogen-bond acceptors (Lipinski definition) is 2. The molecule has 0 radical (unpaired) electrons. The Morgan fingerprint density at radius 2 is 1.75 bits per heavy atom. The molecule has 5 nitrogen and oxygen atoms in total. The Morgan fingerprint density at radius 3 is 2.57 bits per heavy atom. The average molecular weight is 377 g/mol. The van der Waals surface area contributed by atoms with Gasteiger partial charge in [0.25, 0.3) is 0 Å². The van der Waals surface area contributed by atoms with Crippen molar-refractivity contribution in [3.05, 3.63) is 84.4 Å². The number of carbonyl (C=O) groups is 1. The molecule has 3 rings (SSSR count). The third kappa shape index (κ3) is 6.91. The minimum atomic E-state index is -0.149. The van der Waals surface area contributed by atoms with Gasteiger partial charge in [-0.2, -0.15) is 0 Å². The van der Waals surface area contributed by atoms with Crippen LogP contribution in [0.1, 0.15) is 30.4 Å². The number of aryl methyl sites for hydroxylation is 3. The van der Waals surface area contributed by atoms with Gasteiger partial charge in [-0.25, -0.2) is 9.78 Å².